The Bertz CT molecular complexity index is 553. The number of halogens is 1. The molecule has 102 valence electrons. The number of imidazole rings is 1. The molecule has 1 aromatic carbocycles. The maximum absolute atomic E-state index is 6.22. The second kappa shape index (κ2) is 6.08. The van der Waals surface area contributed by atoms with Gasteiger partial charge in [-0.1, -0.05) is 17.7 Å². The minimum Gasteiger partial charge on any atom is -0.383 e. The Morgan fingerprint density at radius 3 is 2.95 bits per heavy atom. The minimum atomic E-state index is 0.208. The van der Waals surface area contributed by atoms with E-state index >= 15 is 0 Å². The molecule has 1 aromatic heterocycles. The van der Waals surface area contributed by atoms with Gasteiger partial charge in [0.2, 0.25) is 5.95 Å². The highest BCUT2D eigenvalue weighted by molar-refractivity contribution is 6.33. The smallest absolute Gasteiger partial charge is 0.207 e. The van der Waals surface area contributed by atoms with E-state index in [0.29, 0.717) is 11.6 Å². The lowest BCUT2D eigenvalue weighted by Crippen LogP contribution is -2.12. The van der Waals surface area contributed by atoms with Crippen LogP contribution in [0, 0.1) is 6.92 Å². The lowest BCUT2D eigenvalue weighted by Gasteiger charge is -2.16. The van der Waals surface area contributed by atoms with Crippen LogP contribution in [-0.4, -0.2) is 23.3 Å². The van der Waals surface area contributed by atoms with Crippen LogP contribution in [0.15, 0.2) is 30.6 Å². The van der Waals surface area contributed by atoms with Crippen molar-refractivity contribution in [1.82, 2.24) is 9.55 Å². The van der Waals surface area contributed by atoms with Gasteiger partial charge >= 0.3 is 0 Å². The molecular weight excluding hydrogens is 262 g/mol. The van der Waals surface area contributed by atoms with Crippen LogP contribution >= 0.6 is 11.6 Å². The minimum absolute atomic E-state index is 0.208. The molecule has 1 N–H and O–H groups in total. The molecule has 2 rings (SSSR count). The van der Waals surface area contributed by atoms with Crippen molar-refractivity contribution in [2.45, 2.75) is 19.9 Å². The average molecular weight is 280 g/mol. The SMILES string of the molecule is COCC(C)n1ccnc1Nc1ccc(C)cc1Cl. The summed E-state index contributed by atoms with van der Waals surface area (Å²) in [5.41, 5.74) is 1.98. The van der Waals surface area contributed by atoms with Gasteiger partial charge in [-0.2, -0.15) is 0 Å². The Morgan fingerprint density at radius 1 is 1.47 bits per heavy atom. The van der Waals surface area contributed by atoms with Gasteiger partial charge in [-0.25, -0.2) is 4.98 Å². The van der Waals surface area contributed by atoms with Gasteiger partial charge in [-0.3, -0.25) is 0 Å². The van der Waals surface area contributed by atoms with Gasteiger partial charge in [0.25, 0.3) is 0 Å². The summed E-state index contributed by atoms with van der Waals surface area (Å²) in [6.07, 6.45) is 3.69. The van der Waals surface area contributed by atoms with Crippen molar-refractivity contribution < 1.29 is 4.74 Å². The van der Waals surface area contributed by atoms with E-state index in [9.17, 15) is 0 Å². The number of nitrogens with one attached hydrogen (secondary N) is 1. The Balaban J connectivity index is 2.21. The highest BCUT2D eigenvalue weighted by atomic mass is 35.5. The van der Waals surface area contributed by atoms with E-state index in [1.54, 1.807) is 13.3 Å². The van der Waals surface area contributed by atoms with Crippen molar-refractivity contribution in [3.8, 4) is 0 Å². The number of aromatic nitrogens is 2. The summed E-state index contributed by atoms with van der Waals surface area (Å²) in [5.74, 6) is 0.760. The maximum atomic E-state index is 6.22. The number of hydrogen-bond acceptors (Lipinski definition) is 3. The fourth-order valence-corrected chi connectivity index (χ4v) is 2.21. The first-order valence-corrected chi connectivity index (χ1v) is 6.54. The molecule has 0 amide bonds. The van der Waals surface area contributed by atoms with Gasteiger partial charge in [-0.15, -0.1) is 0 Å². The Morgan fingerprint density at radius 2 is 2.26 bits per heavy atom. The van der Waals surface area contributed by atoms with Gasteiger partial charge in [0, 0.05) is 19.5 Å². The standard InChI is InChI=1S/C14H18ClN3O/c1-10-4-5-13(12(15)8-10)17-14-16-6-7-18(14)11(2)9-19-3/h4-8,11H,9H2,1-3H3,(H,16,17). The third-order valence-corrected chi connectivity index (χ3v) is 3.24. The molecule has 2 aromatic rings. The lowest BCUT2D eigenvalue weighted by atomic mass is 10.2. The van der Waals surface area contributed by atoms with E-state index < -0.39 is 0 Å². The summed E-state index contributed by atoms with van der Waals surface area (Å²) < 4.78 is 7.20. The van der Waals surface area contributed by atoms with Gasteiger partial charge < -0.3 is 14.6 Å². The number of nitrogens with zero attached hydrogens (tertiary/aromatic N) is 2. The molecule has 4 nitrogen and oxygen atoms in total. The lowest BCUT2D eigenvalue weighted by molar-refractivity contribution is 0.163. The Kier molecular flexibility index (Phi) is 4.45. The molecule has 0 aliphatic rings. The van der Waals surface area contributed by atoms with Crippen LogP contribution < -0.4 is 5.32 Å². The van der Waals surface area contributed by atoms with E-state index in [1.807, 2.05) is 35.9 Å². The fraction of sp³-hybridized carbons (Fsp3) is 0.357. The molecule has 1 heterocycles. The van der Waals surface area contributed by atoms with Crippen LogP contribution in [0.5, 0.6) is 0 Å². The second-order valence-electron chi connectivity index (χ2n) is 4.57. The first-order valence-electron chi connectivity index (χ1n) is 6.16. The number of methoxy groups -OCH3 is 1. The van der Waals surface area contributed by atoms with Gasteiger partial charge in [0.1, 0.15) is 0 Å². The number of rotatable bonds is 5. The summed E-state index contributed by atoms with van der Waals surface area (Å²) >= 11 is 6.22. The number of hydrogen-bond donors (Lipinski definition) is 1. The van der Waals surface area contributed by atoms with Gasteiger partial charge in [0.05, 0.1) is 23.4 Å². The van der Waals surface area contributed by atoms with Crippen molar-refractivity contribution in [3.05, 3.63) is 41.2 Å². The first kappa shape index (κ1) is 13.9. The van der Waals surface area contributed by atoms with Gasteiger partial charge in [0.15, 0.2) is 0 Å². The van der Waals surface area contributed by atoms with E-state index in [0.717, 1.165) is 17.2 Å². The topological polar surface area (TPSA) is 39.1 Å². The second-order valence-corrected chi connectivity index (χ2v) is 4.98. The molecule has 0 aliphatic heterocycles. The Hall–Kier alpha value is -1.52. The van der Waals surface area contributed by atoms with Crippen molar-refractivity contribution in [2.24, 2.45) is 0 Å². The third-order valence-electron chi connectivity index (χ3n) is 2.92. The highest BCUT2D eigenvalue weighted by Gasteiger charge is 2.11. The van der Waals surface area contributed by atoms with Crippen molar-refractivity contribution in [1.29, 1.82) is 0 Å². The molecule has 0 radical (unpaired) electrons. The molecule has 0 aliphatic carbocycles. The molecule has 19 heavy (non-hydrogen) atoms. The molecule has 5 heteroatoms. The molecule has 1 atom stereocenters. The van der Waals surface area contributed by atoms with Crippen LogP contribution in [0.4, 0.5) is 11.6 Å². The molecule has 0 saturated heterocycles. The third kappa shape index (κ3) is 3.28. The number of benzene rings is 1. The van der Waals surface area contributed by atoms with Crippen molar-refractivity contribution >= 4 is 23.2 Å². The molecule has 0 saturated carbocycles. The van der Waals surface area contributed by atoms with Crippen molar-refractivity contribution in [2.75, 3.05) is 19.0 Å². The molecule has 1 unspecified atom stereocenters. The fourth-order valence-electron chi connectivity index (χ4n) is 1.93. The summed E-state index contributed by atoms with van der Waals surface area (Å²) in [6, 6.07) is 6.10. The van der Waals surface area contributed by atoms with Gasteiger partial charge in [-0.05, 0) is 31.5 Å². The number of anilines is 2. The van der Waals surface area contributed by atoms with Crippen LogP contribution in [0.1, 0.15) is 18.5 Å². The first-order chi connectivity index (χ1) is 9.11. The highest BCUT2D eigenvalue weighted by Crippen LogP contribution is 2.26. The zero-order valence-corrected chi connectivity index (χ0v) is 12.1. The quantitative estimate of drug-likeness (QED) is 0.905. The van der Waals surface area contributed by atoms with E-state index in [1.165, 1.54) is 0 Å². The summed E-state index contributed by atoms with van der Waals surface area (Å²) in [5, 5.41) is 3.94. The average Bonchev–Trinajstić information content (AvgIpc) is 2.81. The zero-order chi connectivity index (χ0) is 13.8. The largest absolute Gasteiger partial charge is 0.383 e. The van der Waals surface area contributed by atoms with E-state index in [-0.39, 0.29) is 6.04 Å². The van der Waals surface area contributed by atoms with Crippen LogP contribution in [0.2, 0.25) is 5.02 Å². The van der Waals surface area contributed by atoms with Crippen LogP contribution in [0.3, 0.4) is 0 Å². The summed E-state index contributed by atoms with van der Waals surface area (Å²) in [6.45, 7) is 4.72. The predicted molar refractivity (Wildman–Crippen MR) is 78.3 cm³/mol. The molecular formula is C14H18ClN3O. The Labute approximate surface area is 118 Å². The molecule has 0 bridgehead atoms. The number of aryl methyl sites for hydroxylation is 1. The maximum Gasteiger partial charge on any atom is 0.207 e. The molecule has 0 spiro atoms. The van der Waals surface area contributed by atoms with Crippen LogP contribution in [-0.2, 0) is 4.74 Å². The molecule has 0 fully saturated rings. The van der Waals surface area contributed by atoms with Crippen molar-refractivity contribution in [3.63, 3.8) is 0 Å². The zero-order valence-electron chi connectivity index (χ0n) is 11.4. The normalized spacial score (nSPS) is 12.4. The summed E-state index contributed by atoms with van der Waals surface area (Å²) in [4.78, 5) is 4.32. The number of ether oxygens (including phenoxy) is 1. The van der Waals surface area contributed by atoms with Crippen LogP contribution in [0.25, 0.3) is 0 Å². The monoisotopic (exact) mass is 279 g/mol. The summed E-state index contributed by atoms with van der Waals surface area (Å²) in [7, 11) is 1.69. The van der Waals surface area contributed by atoms with E-state index in [4.69, 9.17) is 16.3 Å². The van der Waals surface area contributed by atoms with E-state index in [2.05, 4.69) is 17.2 Å². The predicted octanol–water partition coefficient (Wildman–Crippen LogP) is 3.80.